The number of nitriles is 1. The van der Waals surface area contributed by atoms with E-state index >= 15 is 0 Å². The van der Waals surface area contributed by atoms with Crippen LogP contribution in [0.2, 0.25) is 0 Å². The summed E-state index contributed by atoms with van der Waals surface area (Å²) < 4.78 is 6.54. The minimum atomic E-state index is -0.564. The minimum absolute atomic E-state index is 0.295. The van der Waals surface area contributed by atoms with E-state index in [2.05, 4.69) is 47.1 Å². The topological polar surface area (TPSA) is 84.6 Å². The molecule has 134 valence electrons. The first-order valence-corrected chi connectivity index (χ1v) is 9.15. The van der Waals surface area contributed by atoms with Gasteiger partial charge in [-0.3, -0.25) is 0 Å². The zero-order valence-electron chi connectivity index (χ0n) is 15.1. The number of quaternary nitrogens is 1. The van der Waals surface area contributed by atoms with Crippen molar-refractivity contribution in [2.45, 2.75) is 12.3 Å². The molecule has 1 unspecified atom stereocenters. The van der Waals surface area contributed by atoms with Gasteiger partial charge >= 0.3 is 6.01 Å². The minimum Gasteiger partial charge on any atom is -0.463 e. The molecule has 3 heterocycles. The molecule has 0 radical (unpaired) electrons. The fraction of sp³-hybridized carbons (Fsp3) is 0.389. The van der Waals surface area contributed by atoms with Gasteiger partial charge in [0.1, 0.15) is 21.3 Å². The first-order valence-electron chi connectivity index (χ1n) is 8.33. The van der Waals surface area contributed by atoms with Crippen LogP contribution in [0.15, 0.2) is 30.6 Å². The average Bonchev–Trinajstić information content (AvgIpc) is 3.03. The van der Waals surface area contributed by atoms with E-state index in [0.717, 1.165) is 27.8 Å². The van der Waals surface area contributed by atoms with Gasteiger partial charge in [-0.25, -0.2) is 15.0 Å². The summed E-state index contributed by atoms with van der Waals surface area (Å²) in [6, 6.07) is 8.03. The highest BCUT2D eigenvalue weighted by atomic mass is 32.1. The van der Waals surface area contributed by atoms with Gasteiger partial charge in [0.15, 0.2) is 0 Å². The Hall–Kier alpha value is -2.63. The Morgan fingerprint density at radius 3 is 2.77 bits per heavy atom. The zero-order valence-corrected chi connectivity index (χ0v) is 15.9. The molecule has 0 spiro atoms. The van der Waals surface area contributed by atoms with Gasteiger partial charge in [0.05, 0.1) is 46.1 Å². The van der Waals surface area contributed by atoms with Crippen molar-refractivity contribution in [1.29, 1.82) is 5.26 Å². The number of hydrogen-bond donors (Lipinski definition) is 0. The Balaban J connectivity index is 1.74. The monoisotopic (exact) mass is 369 g/mol. The second-order valence-corrected chi connectivity index (χ2v) is 7.93. The fourth-order valence-corrected chi connectivity index (χ4v) is 3.41. The molecule has 26 heavy (non-hydrogen) atoms. The highest BCUT2D eigenvalue weighted by Gasteiger charge is 2.21. The van der Waals surface area contributed by atoms with Gasteiger partial charge in [-0.1, -0.05) is 11.3 Å². The number of pyridine rings is 1. The van der Waals surface area contributed by atoms with E-state index in [1.165, 1.54) is 11.3 Å². The highest BCUT2D eigenvalue weighted by molar-refractivity contribution is 7.18. The Labute approximate surface area is 156 Å². The molecule has 0 bridgehead atoms. The maximum atomic E-state index is 9.65. The highest BCUT2D eigenvalue weighted by Crippen LogP contribution is 2.29. The van der Waals surface area contributed by atoms with Crippen molar-refractivity contribution in [1.82, 2.24) is 19.9 Å². The third kappa shape index (κ3) is 4.50. The number of ether oxygens (including phenoxy) is 1. The van der Waals surface area contributed by atoms with Crippen molar-refractivity contribution in [3.63, 3.8) is 0 Å². The molecule has 0 aliphatic heterocycles. The Morgan fingerprint density at radius 2 is 2.04 bits per heavy atom. The predicted molar refractivity (Wildman–Crippen MR) is 99.9 cm³/mol. The molecular weight excluding hydrogens is 348 g/mol. The van der Waals surface area contributed by atoms with Gasteiger partial charge in [0.2, 0.25) is 0 Å². The van der Waals surface area contributed by atoms with Gasteiger partial charge in [0.25, 0.3) is 0 Å². The van der Waals surface area contributed by atoms with Gasteiger partial charge in [0, 0.05) is 18.8 Å². The maximum absolute atomic E-state index is 9.65. The molecule has 0 N–H and O–H groups in total. The molecule has 0 fully saturated rings. The molecule has 8 heteroatoms. The summed E-state index contributed by atoms with van der Waals surface area (Å²) in [5.41, 5.74) is 1.38. The standard InChI is InChI=1S/C18H21N6OS/c1-24(2,3)10-5-11-25-18-21-9-7-14(23-18)13(12-19)16-22-15-6-4-8-20-17(15)26-16/h4,6-9,13H,5,10-11H2,1-3H3/q+1. The van der Waals surface area contributed by atoms with E-state index in [1.807, 2.05) is 12.1 Å². The lowest BCUT2D eigenvalue weighted by molar-refractivity contribution is -0.870. The molecule has 0 saturated heterocycles. The van der Waals surface area contributed by atoms with E-state index in [4.69, 9.17) is 4.74 Å². The summed E-state index contributed by atoms with van der Waals surface area (Å²) in [5.74, 6) is -0.564. The first kappa shape index (κ1) is 18.2. The third-order valence-electron chi connectivity index (χ3n) is 3.71. The van der Waals surface area contributed by atoms with E-state index in [-0.39, 0.29) is 0 Å². The van der Waals surface area contributed by atoms with Crippen LogP contribution in [-0.4, -0.2) is 58.7 Å². The van der Waals surface area contributed by atoms with E-state index in [1.54, 1.807) is 18.5 Å². The van der Waals surface area contributed by atoms with Crippen molar-refractivity contribution in [2.75, 3.05) is 34.3 Å². The normalized spacial score (nSPS) is 12.7. The summed E-state index contributed by atoms with van der Waals surface area (Å²) >= 11 is 1.41. The quantitative estimate of drug-likeness (QED) is 0.470. The summed E-state index contributed by atoms with van der Waals surface area (Å²) in [6.07, 6.45) is 4.24. The number of thiazole rings is 1. The van der Waals surface area contributed by atoms with Crippen molar-refractivity contribution >= 4 is 21.7 Å². The van der Waals surface area contributed by atoms with Crippen LogP contribution in [0.25, 0.3) is 10.3 Å². The Bertz CT molecular complexity index is 894. The molecule has 0 saturated carbocycles. The second kappa shape index (κ2) is 7.72. The van der Waals surface area contributed by atoms with Crippen LogP contribution in [0.1, 0.15) is 23.0 Å². The van der Waals surface area contributed by atoms with E-state index in [0.29, 0.717) is 23.3 Å². The van der Waals surface area contributed by atoms with Crippen LogP contribution in [0.3, 0.4) is 0 Å². The fourth-order valence-electron chi connectivity index (χ4n) is 2.44. The first-order chi connectivity index (χ1) is 12.5. The summed E-state index contributed by atoms with van der Waals surface area (Å²) in [7, 11) is 6.42. The maximum Gasteiger partial charge on any atom is 0.316 e. The van der Waals surface area contributed by atoms with Crippen LogP contribution in [0.4, 0.5) is 0 Å². The summed E-state index contributed by atoms with van der Waals surface area (Å²) in [6.45, 7) is 1.54. The molecule has 7 nitrogen and oxygen atoms in total. The van der Waals surface area contributed by atoms with Crippen molar-refractivity contribution in [3.8, 4) is 12.1 Å². The van der Waals surface area contributed by atoms with Gasteiger partial charge in [-0.05, 0) is 18.2 Å². The molecule has 3 aromatic heterocycles. The van der Waals surface area contributed by atoms with Crippen LogP contribution >= 0.6 is 11.3 Å². The van der Waals surface area contributed by atoms with Crippen molar-refractivity contribution < 1.29 is 9.22 Å². The summed E-state index contributed by atoms with van der Waals surface area (Å²) in [5, 5.41) is 10.3. The lowest BCUT2D eigenvalue weighted by Gasteiger charge is -2.23. The molecular formula is C18H21N6OS+. The van der Waals surface area contributed by atoms with Crippen molar-refractivity contribution in [3.05, 3.63) is 41.3 Å². The number of rotatable bonds is 7. The molecule has 0 amide bonds. The number of aromatic nitrogens is 4. The van der Waals surface area contributed by atoms with Gasteiger partial charge in [-0.15, -0.1) is 0 Å². The number of fused-ring (bicyclic) bond motifs is 1. The molecule has 0 aliphatic rings. The predicted octanol–water partition coefficient (Wildman–Crippen LogP) is 2.61. The molecule has 0 aliphatic carbocycles. The SMILES string of the molecule is C[N+](C)(C)CCCOc1nccc(C(C#N)c2nc3cccnc3s2)n1. The summed E-state index contributed by atoms with van der Waals surface area (Å²) in [4.78, 5) is 18.2. The smallest absolute Gasteiger partial charge is 0.316 e. The Kier molecular flexibility index (Phi) is 5.40. The van der Waals surface area contributed by atoms with Crippen LogP contribution in [0, 0.1) is 11.3 Å². The van der Waals surface area contributed by atoms with Gasteiger partial charge < -0.3 is 9.22 Å². The number of hydrogen-bond acceptors (Lipinski definition) is 7. The molecule has 3 rings (SSSR count). The molecule has 1 atom stereocenters. The zero-order chi connectivity index (χ0) is 18.6. The number of nitrogens with zero attached hydrogens (tertiary/aromatic N) is 6. The lowest BCUT2D eigenvalue weighted by Crippen LogP contribution is -2.36. The molecule has 3 aromatic rings. The van der Waals surface area contributed by atoms with Crippen LogP contribution < -0.4 is 4.74 Å². The average molecular weight is 369 g/mol. The van der Waals surface area contributed by atoms with Crippen LogP contribution in [0.5, 0.6) is 6.01 Å². The van der Waals surface area contributed by atoms with E-state index < -0.39 is 5.92 Å². The second-order valence-electron chi connectivity index (χ2n) is 6.92. The Morgan fingerprint density at radius 1 is 1.19 bits per heavy atom. The van der Waals surface area contributed by atoms with Gasteiger partial charge in [-0.2, -0.15) is 10.2 Å². The van der Waals surface area contributed by atoms with Crippen molar-refractivity contribution in [2.24, 2.45) is 0 Å². The third-order valence-corrected chi connectivity index (χ3v) is 4.76. The van der Waals surface area contributed by atoms with E-state index in [9.17, 15) is 5.26 Å². The largest absolute Gasteiger partial charge is 0.463 e. The lowest BCUT2D eigenvalue weighted by atomic mass is 10.1. The van der Waals surface area contributed by atoms with Crippen LogP contribution in [-0.2, 0) is 0 Å². The molecule has 0 aromatic carbocycles.